The number of thioether (sulfide) groups is 1. The lowest BCUT2D eigenvalue weighted by molar-refractivity contribution is 0.302. The van der Waals surface area contributed by atoms with Gasteiger partial charge >= 0.3 is 0 Å². The molecular formula is C11H15NOS. The van der Waals surface area contributed by atoms with Crippen molar-refractivity contribution in [3.63, 3.8) is 0 Å². The van der Waals surface area contributed by atoms with Gasteiger partial charge in [-0.3, -0.25) is 4.99 Å². The highest BCUT2D eigenvalue weighted by molar-refractivity contribution is 8.14. The van der Waals surface area contributed by atoms with Crippen LogP contribution in [0.4, 0.5) is 0 Å². The molecule has 0 aromatic carbocycles. The molecule has 76 valence electrons. The van der Waals surface area contributed by atoms with Gasteiger partial charge in [0, 0.05) is 0 Å². The number of hydrogen-bond acceptors (Lipinski definition) is 3. The van der Waals surface area contributed by atoms with Crippen molar-refractivity contribution in [2.24, 2.45) is 4.99 Å². The van der Waals surface area contributed by atoms with Gasteiger partial charge in [0.25, 0.3) is 0 Å². The first-order valence-electron chi connectivity index (χ1n) is 5.01. The van der Waals surface area contributed by atoms with Gasteiger partial charge in [0.2, 0.25) is 0 Å². The molecule has 2 atom stereocenters. The van der Waals surface area contributed by atoms with Crippen LogP contribution < -0.4 is 0 Å². The highest BCUT2D eigenvalue weighted by Gasteiger charge is 2.28. The molecular weight excluding hydrogens is 194 g/mol. The first kappa shape index (κ1) is 9.84. The van der Waals surface area contributed by atoms with Crippen molar-refractivity contribution in [2.75, 3.05) is 7.11 Å². The summed E-state index contributed by atoms with van der Waals surface area (Å²) in [6.45, 7) is 2.19. The second-order valence-electron chi connectivity index (χ2n) is 3.48. The Labute approximate surface area is 89.1 Å². The second-order valence-corrected chi connectivity index (χ2v) is 4.73. The molecule has 0 saturated heterocycles. The molecule has 2 aliphatic rings. The molecule has 0 aromatic heterocycles. The van der Waals surface area contributed by atoms with Crippen LogP contribution in [-0.4, -0.2) is 23.4 Å². The molecule has 0 amide bonds. The Balaban J connectivity index is 2.09. The average molecular weight is 209 g/mol. The summed E-state index contributed by atoms with van der Waals surface area (Å²) in [5.74, 6) is 0.938. The molecule has 14 heavy (non-hydrogen) atoms. The Bertz CT molecular complexity index is 306. The summed E-state index contributed by atoms with van der Waals surface area (Å²) in [6.07, 6.45) is 8.64. The van der Waals surface area contributed by atoms with Crippen LogP contribution in [0, 0.1) is 0 Å². The maximum atomic E-state index is 5.19. The van der Waals surface area contributed by atoms with Crippen molar-refractivity contribution in [3.05, 3.63) is 24.0 Å². The van der Waals surface area contributed by atoms with Crippen LogP contribution in [0.2, 0.25) is 0 Å². The maximum Gasteiger partial charge on any atom is 0.116 e. The van der Waals surface area contributed by atoms with E-state index < -0.39 is 0 Å². The predicted molar refractivity (Wildman–Crippen MR) is 61.7 cm³/mol. The minimum atomic E-state index is 0.307. The van der Waals surface area contributed by atoms with E-state index in [1.165, 1.54) is 11.5 Å². The monoisotopic (exact) mass is 209 g/mol. The Morgan fingerprint density at radius 3 is 3.14 bits per heavy atom. The number of ether oxygens (including phenoxy) is 1. The quantitative estimate of drug-likeness (QED) is 0.713. The Kier molecular flexibility index (Phi) is 2.96. The number of hydrogen-bond donors (Lipinski definition) is 0. The van der Waals surface area contributed by atoms with E-state index in [1.54, 1.807) is 7.11 Å². The van der Waals surface area contributed by atoms with Crippen LogP contribution in [0.15, 0.2) is 29.0 Å². The SMILES string of the molecule is CCCC1=NC2C=C(OC)C=CC2S1. The van der Waals surface area contributed by atoms with E-state index in [9.17, 15) is 0 Å². The molecule has 0 saturated carbocycles. The fourth-order valence-electron chi connectivity index (χ4n) is 1.67. The molecule has 2 nitrogen and oxygen atoms in total. The molecule has 1 heterocycles. The summed E-state index contributed by atoms with van der Waals surface area (Å²) in [4.78, 5) is 4.67. The maximum absolute atomic E-state index is 5.19. The Morgan fingerprint density at radius 2 is 2.43 bits per heavy atom. The minimum Gasteiger partial charge on any atom is -0.497 e. The van der Waals surface area contributed by atoms with E-state index in [2.05, 4.69) is 24.1 Å². The summed E-state index contributed by atoms with van der Waals surface area (Å²) in [5, 5.41) is 1.80. The average Bonchev–Trinajstić information content (AvgIpc) is 2.59. The Hall–Kier alpha value is -0.700. The zero-order chi connectivity index (χ0) is 9.97. The molecule has 0 fully saturated rings. The molecule has 0 bridgehead atoms. The van der Waals surface area contributed by atoms with Gasteiger partial charge in [-0.1, -0.05) is 19.4 Å². The van der Waals surface area contributed by atoms with E-state index in [0.29, 0.717) is 11.3 Å². The van der Waals surface area contributed by atoms with Crippen LogP contribution in [0.25, 0.3) is 0 Å². The Morgan fingerprint density at radius 1 is 1.57 bits per heavy atom. The number of allylic oxidation sites excluding steroid dienone is 1. The molecule has 0 radical (unpaired) electrons. The van der Waals surface area contributed by atoms with Crippen molar-refractivity contribution in [3.8, 4) is 0 Å². The molecule has 0 N–H and O–H groups in total. The zero-order valence-corrected chi connectivity index (χ0v) is 9.38. The van der Waals surface area contributed by atoms with E-state index in [-0.39, 0.29) is 0 Å². The van der Waals surface area contributed by atoms with E-state index in [1.807, 2.05) is 17.8 Å². The molecule has 1 aliphatic carbocycles. The summed E-state index contributed by atoms with van der Waals surface area (Å²) in [6, 6.07) is 0.307. The summed E-state index contributed by atoms with van der Waals surface area (Å²) in [5.41, 5.74) is 0. The molecule has 0 spiro atoms. The lowest BCUT2D eigenvalue weighted by Gasteiger charge is -2.15. The molecule has 1 aliphatic heterocycles. The zero-order valence-electron chi connectivity index (χ0n) is 8.56. The van der Waals surface area contributed by atoms with E-state index in [0.717, 1.165) is 12.2 Å². The molecule has 2 rings (SSSR count). The highest BCUT2D eigenvalue weighted by atomic mass is 32.2. The fraction of sp³-hybridized carbons (Fsp3) is 0.545. The highest BCUT2D eigenvalue weighted by Crippen LogP contribution is 2.33. The normalized spacial score (nSPS) is 29.6. The van der Waals surface area contributed by atoms with Crippen molar-refractivity contribution < 1.29 is 4.74 Å². The van der Waals surface area contributed by atoms with Crippen molar-refractivity contribution >= 4 is 16.8 Å². The van der Waals surface area contributed by atoms with Gasteiger partial charge in [-0.25, -0.2) is 0 Å². The lowest BCUT2D eigenvalue weighted by atomic mass is 10.1. The van der Waals surface area contributed by atoms with Gasteiger partial charge < -0.3 is 4.74 Å². The van der Waals surface area contributed by atoms with Crippen molar-refractivity contribution in [1.29, 1.82) is 0 Å². The van der Waals surface area contributed by atoms with Crippen LogP contribution in [0.1, 0.15) is 19.8 Å². The number of aliphatic imine (C=N–C) groups is 1. The number of nitrogens with zero attached hydrogens (tertiary/aromatic N) is 1. The molecule has 3 heteroatoms. The van der Waals surface area contributed by atoms with Crippen LogP contribution in [0.5, 0.6) is 0 Å². The van der Waals surface area contributed by atoms with Gasteiger partial charge in [-0.2, -0.15) is 0 Å². The van der Waals surface area contributed by atoms with Gasteiger partial charge in [0.1, 0.15) is 5.76 Å². The van der Waals surface area contributed by atoms with Crippen LogP contribution in [0.3, 0.4) is 0 Å². The number of methoxy groups -OCH3 is 1. The first-order chi connectivity index (χ1) is 6.83. The van der Waals surface area contributed by atoms with Gasteiger partial charge in [0.15, 0.2) is 0 Å². The third-order valence-electron chi connectivity index (χ3n) is 2.39. The van der Waals surface area contributed by atoms with Crippen molar-refractivity contribution in [1.82, 2.24) is 0 Å². The topological polar surface area (TPSA) is 21.6 Å². The minimum absolute atomic E-state index is 0.307. The summed E-state index contributed by atoms with van der Waals surface area (Å²) < 4.78 is 5.19. The largest absolute Gasteiger partial charge is 0.497 e. The van der Waals surface area contributed by atoms with Crippen molar-refractivity contribution in [2.45, 2.75) is 31.1 Å². The number of rotatable bonds is 3. The standard InChI is InChI=1S/C11H15NOS/c1-3-4-11-12-9-7-8(13-2)5-6-10(9)14-11/h5-7,9-10H,3-4H2,1-2H3. The van der Waals surface area contributed by atoms with E-state index in [4.69, 9.17) is 4.74 Å². The van der Waals surface area contributed by atoms with Crippen LogP contribution >= 0.6 is 11.8 Å². The smallest absolute Gasteiger partial charge is 0.116 e. The second kappa shape index (κ2) is 4.22. The van der Waals surface area contributed by atoms with E-state index >= 15 is 0 Å². The number of fused-ring (bicyclic) bond motifs is 1. The van der Waals surface area contributed by atoms with Gasteiger partial charge in [-0.05, 0) is 18.6 Å². The third kappa shape index (κ3) is 1.87. The van der Waals surface area contributed by atoms with Crippen LogP contribution in [-0.2, 0) is 4.74 Å². The summed E-state index contributed by atoms with van der Waals surface area (Å²) >= 11 is 1.89. The van der Waals surface area contributed by atoms with Gasteiger partial charge in [-0.15, -0.1) is 11.8 Å². The first-order valence-corrected chi connectivity index (χ1v) is 5.89. The predicted octanol–water partition coefficient (Wildman–Crippen LogP) is 2.77. The third-order valence-corrected chi connectivity index (χ3v) is 3.68. The van der Waals surface area contributed by atoms with Gasteiger partial charge in [0.05, 0.1) is 23.4 Å². The fourth-order valence-corrected chi connectivity index (χ4v) is 2.92. The molecule has 0 aromatic rings. The lowest BCUT2D eigenvalue weighted by Crippen LogP contribution is -2.16. The summed E-state index contributed by atoms with van der Waals surface area (Å²) in [7, 11) is 1.70. The molecule has 2 unspecified atom stereocenters.